The van der Waals surface area contributed by atoms with E-state index >= 15 is 0 Å². The molecule has 8 atom stereocenters. The van der Waals surface area contributed by atoms with Crippen LogP contribution in [0.4, 0.5) is 0 Å². The van der Waals surface area contributed by atoms with Gasteiger partial charge in [0.1, 0.15) is 0 Å². The lowest BCUT2D eigenvalue weighted by molar-refractivity contribution is -0.140. The van der Waals surface area contributed by atoms with E-state index in [2.05, 4.69) is 37.2 Å². The summed E-state index contributed by atoms with van der Waals surface area (Å²) in [6.45, 7) is 6.25. The number of nitrogens with two attached hydrogens (primary N) is 2. The summed E-state index contributed by atoms with van der Waals surface area (Å²) in [4.78, 5) is 89.6. The van der Waals surface area contributed by atoms with E-state index in [1.807, 2.05) is 44.2 Å². The molecule has 0 spiro atoms. The highest BCUT2D eigenvalue weighted by molar-refractivity contribution is 5.85. The van der Waals surface area contributed by atoms with Crippen LogP contribution in [0.2, 0.25) is 0 Å². The number of carbonyl (C=O) groups excluding carboxylic acids is 5. The molecule has 0 radical (unpaired) electrons. The number of carbonyl (C=O) groups is 7. The van der Waals surface area contributed by atoms with Crippen LogP contribution in [-0.4, -0.2) is 121 Å². The molecular weight excluding hydrogens is 763 g/mol. The molecule has 0 aliphatic carbocycles. The topological polar surface area (TPSA) is 296 Å². The summed E-state index contributed by atoms with van der Waals surface area (Å²) in [7, 11) is 0. The number of nitrogens with one attached hydrogen (secondary N) is 7. The van der Waals surface area contributed by atoms with Crippen LogP contribution in [0.1, 0.15) is 90.0 Å². The smallest absolute Gasteiger partial charge is 0.305 e. The number of carboxylic acid groups (broad SMARTS) is 2. The third kappa shape index (κ3) is 18.9. The molecule has 5 amide bonds. The van der Waals surface area contributed by atoms with Gasteiger partial charge < -0.3 is 58.9 Å². The standard InChI is InChI=1S/C41H67N9O9/c1-25(2)17-29(20-35(51)47-28(22-39(56)57)10-11-38(54)55)48-41(59)32-24-45-16-13-34(32)50-37(53)19-27(9-6-14-42)46-36(52)21-30(18-26-7-4-3-5-8-26)49-40(58)31-23-44-15-12-33(31)43/h3-5,7-8,25,27-34,44-45H,6,9-24,42-43H2,1-2H3,(H,46,52)(H,47,51)(H,48,59)(H,49,58)(H,50,53)(H,54,55)(H,56,57)/t27-,28-,29-,30-,31+,32+,33+,34+/m0/s1. The van der Waals surface area contributed by atoms with Crippen molar-refractivity contribution in [2.45, 2.75) is 127 Å². The van der Waals surface area contributed by atoms with E-state index in [-0.39, 0.29) is 74.2 Å². The molecule has 0 bridgehead atoms. The summed E-state index contributed by atoms with van der Waals surface area (Å²) in [5.74, 6) is -5.06. The van der Waals surface area contributed by atoms with Gasteiger partial charge in [-0.15, -0.1) is 0 Å². The average Bonchev–Trinajstić information content (AvgIpc) is 3.16. The van der Waals surface area contributed by atoms with E-state index in [0.717, 1.165) is 12.1 Å². The lowest BCUT2D eigenvalue weighted by atomic mass is 9.91. The number of hydrogen-bond donors (Lipinski definition) is 11. The van der Waals surface area contributed by atoms with E-state index in [1.165, 1.54) is 0 Å². The van der Waals surface area contributed by atoms with Crippen LogP contribution in [0.25, 0.3) is 0 Å². The summed E-state index contributed by atoms with van der Waals surface area (Å²) >= 11 is 0. The van der Waals surface area contributed by atoms with Crippen molar-refractivity contribution in [1.82, 2.24) is 37.2 Å². The molecule has 2 aliphatic rings. The van der Waals surface area contributed by atoms with E-state index in [4.69, 9.17) is 16.6 Å². The van der Waals surface area contributed by atoms with Crippen LogP contribution in [0, 0.1) is 17.8 Å². The zero-order valence-corrected chi connectivity index (χ0v) is 34.5. The number of carboxylic acids is 2. The molecule has 18 heteroatoms. The Morgan fingerprint density at radius 3 is 1.90 bits per heavy atom. The molecule has 2 aliphatic heterocycles. The molecule has 330 valence electrons. The SMILES string of the molecule is CC(C)C[C@@H](CC(=O)N[C@@H](CCC(=O)O)CC(=O)O)NC(=O)[C@@H]1CNCC[C@H]1NC(=O)C[C@H](CCCN)NC(=O)C[C@H](Cc1ccccc1)NC(=O)[C@@H]1CNCC[C@H]1N. The van der Waals surface area contributed by atoms with Crippen molar-refractivity contribution in [3.8, 4) is 0 Å². The maximum absolute atomic E-state index is 13.8. The molecule has 0 unspecified atom stereocenters. The highest BCUT2D eigenvalue weighted by Gasteiger charge is 2.35. The highest BCUT2D eigenvalue weighted by Crippen LogP contribution is 2.17. The normalized spacial score (nSPS) is 21.2. The summed E-state index contributed by atoms with van der Waals surface area (Å²) in [5, 5.41) is 39.4. The fraction of sp³-hybridized carbons (Fsp3) is 0.683. The Hall–Kier alpha value is -4.65. The number of hydrogen-bond acceptors (Lipinski definition) is 11. The van der Waals surface area contributed by atoms with Gasteiger partial charge in [-0.2, -0.15) is 0 Å². The number of piperidine rings is 2. The van der Waals surface area contributed by atoms with E-state index < -0.39 is 66.3 Å². The largest absolute Gasteiger partial charge is 0.481 e. The third-order valence-electron chi connectivity index (χ3n) is 10.7. The van der Waals surface area contributed by atoms with E-state index in [9.17, 15) is 38.7 Å². The predicted molar refractivity (Wildman–Crippen MR) is 220 cm³/mol. The van der Waals surface area contributed by atoms with Crippen molar-refractivity contribution in [2.24, 2.45) is 29.2 Å². The monoisotopic (exact) mass is 830 g/mol. The molecule has 2 heterocycles. The Balaban J connectivity index is 1.64. The van der Waals surface area contributed by atoms with Crippen molar-refractivity contribution in [1.29, 1.82) is 0 Å². The van der Waals surface area contributed by atoms with Crippen molar-refractivity contribution in [3.63, 3.8) is 0 Å². The zero-order chi connectivity index (χ0) is 43.3. The van der Waals surface area contributed by atoms with E-state index in [1.54, 1.807) is 0 Å². The molecule has 2 fully saturated rings. The van der Waals surface area contributed by atoms with E-state index in [0.29, 0.717) is 58.2 Å². The fourth-order valence-electron chi connectivity index (χ4n) is 7.76. The second-order valence-electron chi connectivity index (χ2n) is 16.4. The molecule has 2 saturated heterocycles. The first-order valence-corrected chi connectivity index (χ1v) is 21.0. The molecule has 1 aromatic rings. The van der Waals surface area contributed by atoms with Crippen LogP contribution in [0.3, 0.4) is 0 Å². The summed E-state index contributed by atoms with van der Waals surface area (Å²) in [6.07, 6.45) is 1.95. The predicted octanol–water partition coefficient (Wildman–Crippen LogP) is -0.506. The number of rotatable bonds is 25. The van der Waals surface area contributed by atoms with Gasteiger partial charge in [0.15, 0.2) is 0 Å². The average molecular weight is 830 g/mol. The van der Waals surface area contributed by atoms with Crippen LogP contribution < -0.4 is 48.7 Å². The number of aliphatic carboxylic acids is 2. The number of amides is 5. The van der Waals surface area contributed by atoms with Crippen molar-refractivity contribution >= 4 is 41.5 Å². The van der Waals surface area contributed by atoms with Crippen LogP contribution in [0.5, 0.6) is 0 Å². The van der Waals surface area contributed by atoms with Crippen LogP contribution in [0.15, 0.2) is 30.3 Å². The third-order valence-corrected chi connectivity index (χ3v) is 10.7. The Morgan fingerprint density at radius 2 is 1.29 bits per heavy atom. The molecule has 18 nitrogen and oxygen atoms in total. The summed E-state index contributed by atoms with van der Waals surface area (Å²) < 4.78 is 0. The first-order valence-electron chi connectivity index (χ1n) is 21.0. The lowest BCUT2D eigenvalue weighted by Crippen LogP contribution is -2.57. The minimum absolute atomic E-state index is 0.0224. The Labute approximate surface area is 346 Å². The second kappa shape index (κ2) is 25.8. The Bertz CT molecular complexity index is 1530. The van der Waals surface area contributed by atoms with Crippen molar-refractivity contribution in [3.05, 3.63) is 35.9 Å². The first kappa shape index (κ1) is 48.7. The van der Waals surface area contributed by atoms with Crippen molar-refractivity contribution in [2.75, 3.05) is 32.7 Å². The van der Waals surface area contributed by atoms with Crippen LogP contribution in [-0.2, 0) is 40.0 Å². The van der Waals surface area contributed by atoms with Crippen molar-refractivity contribution < 1.29 is 43.8 Å². The molecule has 0 saturated carbocycles. The molecule has 59 heavy (non-hydrogen) atoms. The zero-order valence-electron chi connectivity index (χ0n) is 34.5. The summed E-state index contributed by atoms with van der Waals surface area (Å²) in [5.41, 5.74) is 13.0. The molecular formula is C41H67N9O9. The molecule has 3 rings (SSSR count). The number of benzene rings is 1. The fourth-order valence-corrected chi connectivity index (χ4v) is 7.76. The van der Waals surface area contributed by atoms with Gasteiger partial charge in [0.2, 0.25) is 29.5 Å². The first-order chi connectivity index (χ1) is 28.1. The maximum Gasteiger partial charge on any atom is 0.305 e. The van der Waals surface area contributed by atoms with Gasteiger partial charge in [0, 0.05) is 75.0 Å². The Kier molecular flexibility index (Phi) is 21.3. The second-order valence-corrected chi connectivity index (χ2v) is 16.4. The minimum atomic E-state index is -1.18. The lowest BCUT2D eigenvalue weighted by Gasteiger charge is -2.34. The highest BCUT2D eigenvalue weighted by atomic mass is 16.4. The van der Waals surface area contributed by atoms with Gasteiger partial charge in [-0.25, -0.2) is 0 Å². The molecule has 13 N–H and O–H groups in total. The van der Waals surface area contributed by atoms with Crippen LogP contribution >= 0.6 is 0 Å². The van der Waals surface area contributed by atoms with Gasteiger partial charge in [-0.3, -0.25) is 33.6 Å². The quantitative estimate of drug-likeness (QED) is 0.0593. The van der Waals surface area contributed by atoms with Gasteiger partial charge in [-0.1, -0.05) is 44.2 Å². The van der Waals surface area contributed by atoms with Gasteiger partial charge in [-0.05, 0) is 76.1 Å². The Morgan fingerprint density at radius 1 is 0.712 bits per heavy atom. The molecule has 1 aromatic carbocycles. The maximum atomic E-state index is 13.8. The van der Waals surface area contributed by atoms with Gasteiger partial charge in [0.25, 0.3) is 0 Å². The van der Waals surface area contributed by atoms with Gasteiger partial charge >= 0.3 is 11.9 Å². The van der Waals surface area contributed by atoms with Gasteiger partial charge in [0.05, 0.1) is 18.3 Å². The summed E-state index contributed by atoms with van der Waals surface area (Å²) in [6, 6.07) is 6.16. The minimum Gasteiger partial charge on any atom is -0.481 e. The molecule has 0 aromatic heterocycles.